The first-order valence-electron chi connectivity index (χ1n) is 8.01. The fourth-order valence-corrected chi connectivity index (χ4v) is 5.24. The molecule has 110 valence electrons. The van der Waals surface area contributed by atoms with E-state index in [1.807, 2.05) is 17.5 Å². The van der Waals surface area contributed by atoms with Crippen molar-refractivity contribution < 1.29 is 0 Å². The molecule has 1 aliphatic rings. The summed E-state index contributed by atoms with van der Waals surface area (Å²) < 4.78 is 3.63. The minimum atomic E-state index is 0.358. The third kappa shape index (κ3) is 1.38. The second-order valence-corrected chi connectivity index (χ2v) is 7.51. The van der Waals surface area contributed by atoms with Crippen LogP contribution in [0.3, 0.4) is 0 Å². The Morgan fingerprint density at radius 1 is 1.36 bits per heavy atom. The molecule has 22 heavy (non-hydrogen) atoms. The maximum Gasteiger partial charge on any atom is 0.145 e. The van der Waals surface area contributed by atoms with E-state index in [9.17, 15) is 0 Å². The maximum absolute atomic E-state index is 4.71. The summed E-state index contributed by atoms with van der Waals surface area (Å²) >= 11 is 1.83. The van der Waals surface area contributed by atoms with E-state index in [-0.39, 0.29) is 0 Å². The van der Waals surface area contributed by atoms with Gasteiger partial charge in [-0.05, 0) is 41.2 Å². The number of benzene rings is 1. The quantitative estimate of drug-likeness (QED) is 0.485. The number of thiophene rings is 1. The van der Waals surface area contributed by atoms with Crippen molar-refractivity contribution in [1.29, 1.82) is 0 Å². The van der Waals surface area contributed by atoms with E-state index < -0.39 is 0 Å². The molecule has 1 saturated carbocycles. The van der Waals surface area contributed by atoms with Crippen molar-refractivity contribution in [3.8, 4) is 0 Å². The zero-order valence-electron chi connectivity index (χ0n) is 12.8. The van der Waals surface area contributed by atoms with Crippen LogP contribution >= 0.6 is 11.3 Å². The lowest BCUT2D eigenvalue weighted by atomic mass is 9.87. The van der Waals surface area contributed by atoms with Crippen LogP contribution < -0.4 is 0 Å². The summed E-state index contributed by atoms with van der Waals surface area (Å²) in [6.07, 6.45) is 6.54. The molecule has 4 aromatic rings. The molecule has 0 saturated heterocycles. The predicted molar refractivity (Wildman–Crippen MR) is 93.8 cm³/mol. The Kier molecular flexibility index (Phi) is 2.36. The number of nitrogens with zero attached hydrogens (tertiary/aromatic N) is 2. The van der Waals surface area contributed by atoms with Crippen LogP contribution in [0, 0.1) is 5.92 Å². The fraction of sp³-hybridized carbons (Fsp3) is 0.316. The third-order valence-corrected chi connectivity index (χ3v) is 6.64. The van der Waals surface area contributed by atoms with Crippen LogP contribution in [0.5, 0.6) is 0 Å². The second kappa shape index (κ2) is 4.11. The van der Waals surface area contributed by atoms with E-state index in [2.05, 4.69) is 54.1 Å². The molecule has 0 radical (unpaired) electrons. The van der Waals surface area contributed by atoms with Gasteiger partial charge in [0.1, 0.15) is 5.65 Å². The van der Waals surface area contributed by atoms with Crippen molar-refractivity contribution >= 4 is 38.0 Å². The molecule has 0 N–H and O–H groups in total. The van der Waals surface area contributed by atoms with Crippen molar-refractivity contribution in [2.75, 3.05) is 0 Å². The molecule has 3 heteroatoms. The van der Waals surface area contributed by atoms with Crippen LogP contribution in [0.2, 0.25) is 0 Å². The lowest BCUT2D eigenvalue weighted by molar-refractivity contribution is 0.612. The predicted octanol–water partition coefficient (Wildman–Crippen LogP) is 5.39. The van der Waals surface area contributed by atoms with E-state index >= 15 is 0 Å². The minimum absolute atomic E-state index is 0.358. The van der Waals surface area contributed by atoms with Crippen LogP contribution in [-0.2, 0) is 5.41 Å². The zero-order chi connectivity index (χ0) is 14.9. The molecular formula is C19H18N2S. The first-order chi connectivity index (χ1) is 10.8. The number of aromatic nitrogens is 2. The highest BCUT2D eigenvalue weighted by atomic mass is 32.1. The lowest BCUT2D eigenvalue weighted by Crippen LogP contribution is -2.09. The van der Waals surface area contributed by atoms with Gasteiger partial charge in [0.2, 0.25) is 0 Å². The van der Waals surface area contributed by atoms with E-state index in [0.29, 0.717) is 5.41 Å². The summed E-state index contributed by atoms with van der Waals surface area (Å²) in [6, 6.07) is 9.04. The molecule has 2 nitrogen and oxygen atoms in total. The minimum Gasteiger partial charge on any atom is -0.298 e. The van der Waals surface area contributed by atoms with Crippen molar-refractivity contribution in [1.82, 2.24) is 9.38 Å². The van der Waals surface area contributed by atoms with Gasteiger partial charge < -0.3 is 0 Å². The highest BCUT2D eigenvalue weighted by Crippen LogP contribution is 2.58. The molecule has 1 aliphatic carbocycles. The van der Waals surface area contributed by atoms with Crippen LogP contribution in [0.15, 0.2) is 42.0 Å². The lowest BCUT2D eigenvalue weighted by Gasteiger charge is -2.18. The first-order valence-corrected chi connectivity index (χ1v) is 8.89. The highest BCUT2D eigenvalue weighted by Gasteiger charge is 2.51. The average Bonchev–Trinajstić information content (AvgIpc) is 2.95. The first kappa shape index (κ1) is 12.7. The topological polar surface area (TPSA) is 17.3 Å². The molecule has 0 aliphatic heterocycles. The van der Waals surface area contributed by atoms with E-state index in [4.69, 9.17) is 4.98 Å². The molecule has 0 bridgehead atoms. The number of pyridine rings is 1. The third-order valence-electron chi connectivity index (χ3n) is 5.70. The Hall–Kier alpha value is -1.87. The molecule has 0 amide bonds. The van der Waals surface area contributed by atoms with Gasteiger partial charge in [0.25, 0.3) is 0 Å². The second-order valence-electron chi connectivity index (χ2n) is 6.60. The highest BCUT2D eigenvalue weighted by molar-refractivity contribution is 7.18. The smallest absolute Gasteiger partial charge is 0.145 e. The Labute approximate surface area is 133 Å². The molecule has 0 spiro atoms. The molecule has 3 aromatic heterocycles. The monoisotopic (exact) mass is 306 g/mol. The Morgan fingerprint density at radius 3 is 3.00 bits per heavy atom. The van der Waals surface area contributed by atoms with E-state index in [1.54, 1.807) is 0 Å². The van der Waals surface area contributed by atoms with Gasteiger partial charge in [0.15, 0.2) is 0 Å². The summed E-state index contributed by atoms with van der Waals surface area (Å²) in [5.74, 6) is 0.775. The average molecular weight is 306 g/mol. The van der Waals surface area contributed by atoms with Crippen LogP contribution in [0.25, 0.3) is 26.6 Å². The SMILES string of the molecule is CCC1(c2cccc3c4sccc4n4ccnc4c23)CC1C. The van der Waals surface area contributed by atoms with Gasteiger partial charge in [-0.2, -0.15) is 0 Å². The summed E-state index contributed by atoms with van der Waals surface area (Å²) in [7, 11) is 0. The summed E-state index contributed by atoms with van der Waals surface area (Å²) in [5.41, 5.74) is 4.25. The number of rotatable bonds is 2. The van der Waals surface area contributed by atoms with Gasteiger partial charge in [0, 0.05) is 23.2 Å². The molecule has 2 atom stereocenters. The van der Waals surface area contributed by atoms with Crippen molar-refractivity contribution in [2.24, 2.45) is 5.92 Å². The van der Waals surface area contributed by atoms with Gasteiger partial charge >= 0.3 is 0 Å². The standard InChI is InChI=1S/C19H18N2S/c1-3-19(11-12(19)2)14-6-4-5-13-16(14)18-20-8-9-21(18)15-7-10-22-17(13)15/h4-10,12H,3,11H2,1-2H3. The molecule has 5 rings (SSSR count). The van der Waals surface area contributed by atoms with E-state index in [0.717, 1.165) is 11.6 Å². The van der Waals surface area contributed by atoms with Gasteiger partial charge in [-0.25, -0.2) is 4.98 Å². The molecule has 1 aromatic carbocycles. The number of hydrogen-bond donors (Lipinski definition) is 0. The number of fused-ring (bicyclic) bond motifs is 6. The Morgan fingerprint density at radius 2 is 2.23 bits per heavy atom. The molecule has 2 unspecified atom stereocenters. The van der Waals surface area contributed by atoms with Crippen molar-refractivity contribution in [3.05, 3.63) is 47.6 Å². The number of hydrogen-bond acceptors (Lipinski definition) is 2. The molecular weight excluding hydrogens is 288 g/mol. The summed E-state index contributed by atoms with van der Waals surface area (Å²) in [6.45, 7) is 4.71. The normalized spacial score (nSPS) is 24.5. The van der Waals surface area contributed by atoms with Gasteiger partial charge in [0.05, 0.1) is 10.2 Å². The van der Waals surface area contributed by atoms with Gasteiger partial charge in [-0.15, -0.1) is 11.3 Å². The van der Waals surface area contributed by atoms with Crippen LogP contribution in [0.1, 0.15) is 32.3 Å². The molecule has 1 fully saturated rings. The van der Waals surface area contributed by atoms with Gasteiger partial charge in [-0.3, -0.25) is 4.40 Å². The van der Waals surface area contributed by atoms with Crippen LogP contribution in [0.4, 0.5) is 0 Å². The van der Waals surface area contributed by atoms with Crippen LogP contribution in [-0.4, -0.2) is 9.38 Å². The van der Waals surface area contributed by atoms with Crippen molar-refractivity contribution in [3.63, 3.8) is 0 Å². The number of imidazole rings is 1. The van der Waals surface area contributed by atoms with E-state index in [1.165, 1.54) is 39.4 Å². The zero-order valence-corrected chi connectivity index (χ0v) is 13.7. The summed E-state index contributed by atoms with van der Waals surface area (Å²) in [4.78, 5) is 4.71. The Balaban J connectivity index is 2.03. The Bertz CT molecular complexity index is 1020. The maximum atomic E-state index is 4.71. The van der Waals surface area contributed by atoms with Crippen molar-refractivity contribution in [2.45, 2.75) is 32.1 Å². The largest absolute Gasteiger partial charge is 0.298 e. The summed E-state index contributed by atoms with van der Waals surface area (Å²) in [5, 5.41) is 4.92. The fourth-order valence-electron chi connectivity index (χ4n) is 4.32. The van der Waals surface area contributed by atoms with Gasteiger partial charge in [-0.1, -0.05) is 32.0 Å². The molecule has 3 heterocycles.